The van der Waals surface area contributed by atoms with Crippen LogP contribution in [0.15, 0.2) is 0 Å². The quantitative estimate of drug-likeness (QED) is 0.760. The molecule has 1 amide bonds. The molecule has 1 aliphatic rings. The lowest BCUT2D eigenvalue weighted by molar-refractivity contribution is -0.139. The summed E-state index contributed by atoms with van der Waals surface area (Å²) < 4.78 is 0. The summed E-state index contributed by atoms with van der Waals surface area (Å²) in [5.41, 5.74) is 0. The lowest BCUT2D eigenvalue weighted by Crippen LogP contribution is -2.34. The molecule has 0 spiro atoms. The summed E-state index contributed by atoms with van der Waals surface area (Å²) in [5, 5.41) is 8.77. The van der Waals surface area contributed by atoms with Gasteiger partial charge in [0.25, 0.3) is 0 Å². The van der Waals surface area contributed by atoms with Gasteiger partial charge in [-0.25, -0.2) is 0 Å². The Balaban J connectivity index is 2.48. The number of hydrogen-bond acceptors (Lipinski definition) is 2. The topological polar surface area (TPSA) is 57.6 Å². The highest BCUT2D eigenvalue weighted by molar-refractivity contribution is 5.79. The van der Waals surface area contributed by atoms with Gasteiger partial charge in [0.05, 0.1) is 0 Å². The van der Waals surface area contributed by atoms with Crippen LogP contribution >= 0.6 is 0 Å². The normalized spacial score (nSPS) is 19.5. The van der Waals surface area contributed by atoms with Crippen molar-refractivity contribution in [2.24, 2.45) is 11.8 Å². The predicted octanol–water partition coefficient (Wildman–Crippen LogP) is 2.53. The number of rotatable bonds is 7. The van der Waals surface area contributed by atoms with Crippen molar-refractivity contribution in [1.82, 2.24) is 4.90 Å². The molecule has 1 rings (SSSR count). The Morgan fingerprint density at radius 2 is 1.89 bits per heavy atom. The first kappa shape index (κ1) is 15.0. The molecule has 1 unspecified atom stereocenters. The minimum atomic E-state index is -0.757. The van der Waals surface area contributed by atoms with Crippen LogP contribution in [-0.4, -0.2) is 35.0 Å². The fourth-order valence-corrected chi connectivity index (χ4v) is 2.79. The van der Waals surface area contributed by atoms with Crippen LogP contribution < -0.4 is 0 Å². The maximum atomic E-state index is 12.3. The van der Waals surface area contributed by atoms with Crippen molar-refractivity contribution in [3.63, 3.8) is 0 Å². The lowest BCUT2D eigenvalue weighted by atomic mass is 9.97. The van der Waals surface area contributed by atoms with Crippen molar-refractivity contribution >= 4 is 11.9 Å². The second kappa shape index (κ2) is 7.39. The van der Waals surface area contributed by atoms with Crippen molar-refractivity contribution in [2.45, 2.75) is 52.4 Å². The zero-order chi connectivity index (χ0) is 13.5. The number of aliphatic carboxylic acids is 1. The third kappa shape index (κ3) is 4.31. The maximum Gasteiger partial charge on any atom is 0.303 e. The molecule has 0 aromatic carbocycles. The molecule has 0 aliphatic carbocycles. The number of hydrogen-bond donors (Lipinski definition) is 1. The van der Waals surface area contributed by atoms with Crippen LogP contribution in [-0.2, 0) is 9.59 Å². The van der Waals surface area contributed by atoms with Crippen molar-refractivity contribution in [1.29, 1.82) is 0 Å². The molecule has 1 saturated heterocycles. The van der Waals surface area contributed by atoms with Gasteiger partial charge >= 0.3 is 5.97 Å². The largest absolute Gasteiger partial charge is 0.481 e. The van der Waals surface area contributed by atoms with E-state index in [0.717, 1.165) is 38.6 Å². The Bertz CT molecular complexity index is 285. The van der Waals surface area contributed by atoms with Gasteiger partial charge in [-0.05, 0) is 25.2 Å². The number of nitrogens with zero attached hydrogens (tertiary/aromatic N) is 1. The van der Waals surface area contributed by atoms with Crippen LogP contribution in [0.25, 0.3) is 0 Å². The van der Waals surface area contributed by atoms with Crippen molar-refractivity contribution < 1.29 is 14.7 Å². The first-order chi connectivity index (χ1) is 8.58. The van der Waals surface area contributed by atoms with Gasteiger partial charge < -0.3 is 10.0 Å². The standard InChI is InChI=1S/C14H25NO3/c1-3-5-12(6-4-2)14(18)15-8-7-11(10-15)9-13(16)17/h11-12H,3-10H2,1-2H3,(H,16,17). The van der Waals surface area contributed by atoms with Gasteiger partial charge in [-0.15, -0.1) is 0 Å². The SMILES string of the molecule is CCCC(CCC)C(=O)N1CCC(CC(=O)O)C1. The van der Waals surface area contributed by atoms with E-state index in [1.54, 1.807) is 0 Å². The summed E-state index contributed by atoms with van der Waals surface area (Å²) in [5.74, 6) is -0.224. The maximum absolute atomic E-state index is 12.3. The molecular formula is C14H25NO3. The fourth-order valence-electron chi connectivity index (χ4n) is 2.79. The Kier molecular flexibility index (Phi) is 6.16. The molecule has 18 heavy (non-hydrogen) atoms. The van der Waals surface area contributed by atoms with E-state index >= 15 is 0 Å². The zero-order valence-corrected chi connectivity index (χ0v) is 11.5. The van der Waals surface area contributed by atoms with E-state index in [-0.39, 0.29) is 24.2 Å². The molecule has 0 saturated carbocycles. The molecule has 1 aliphatic heterocycles. The summed E-state index contributed by atoms with van der Waals surface area (Å²) in [6, 6.07) is 0. The van der Waals surface area contributed by atoms with E-state index in [9.17, 15) is 9.59 Å². The molecule has 0 aromatic rings. The average Bonchev–Trinajstić information content (AvgIpc) is 2.75. The van der Waals surface area contributed by atoms with E-state index in [0.29, 0.717) is 6.54 Å². The van der Waals surface area contributed by atoms with Crippen molar-refractivity contribution in [3.8, 4) is 0 Å². The smallest absolute Gasteiger partial charge is 0.303 e. The fraction of sp³-hybridized carbons (Fsp3) is 0.857. The van der Waals surface area contributed by atoms with Crippen LogP contribution in [0, 0.1) is 11.8 Å². The molecule has 4 nitrogen and oxygen atoms in total. The van der Waals surface area contributed by atoms with E-state index in [4.69, 9.17) is 5.11 Å². The molecule has 0 bridgehead atoms. The molecule has 0 radical (unpaired) electrons. The van der Waals surface area contributed by atoms with Crippen molar-refractivity contribution in [2.75, 3.05) is 13.1 Å². The van der Waals surface area contributed by atoms with Crippen molar-refractivity contribution in [3.05, 3.63) is 0 Å². The number of amides is 1. The highest BCUT2D eigenvalue weighted by Crippen LogP contribution is 2.24. The van der Waals surface area contributed by atoms with E-state index in [1.165, 1.54) is 0 Å². The summed E-state index contributed by atoms with van der Waals surface area (Å²) >= 11 is 0. The average molecular weight is 255 g/mol. The minimum Gasteiger partial charge on any atom is -0.481 e. The van der Waals surface area contributed by atoms with E-state index < -0.39 is 5.97 Å². The minimum absolute atomic E-state index is 0.142. The number of carboxylic acids is 1. The van der Waals surface area contributed by atoms with Gasteiger partial charge in [-0.1, -0.05) is 26.7 Å². The van der Waals surface area contributed by atoms with Crippen LogP contribution in [0.5, 0.6) is 0 Å². The Morgan fingerprint density at radius 3 is 2.39 bits per heavy atom. The molecule has 1 heterocycles. The third-order valence-electron chi connectivity index (χ3n) is 3.68. The molecule has 0 aromatic heterocycles. The summed E-state index contributed by atoms with van der Waals surface area (Å²) in [4.78, 5) is 24.9. The monoisotopic (exact) mass is 255 g/mol. The second-order valence-corrected chi connectivity index (χ2v) is 5.31. The first-order valence-electron chi connectivity index (χ1n) is 7.09. The number of carboxylic acid groups (broad SMARTS) is 1. The Morgan fingerprint density at radius 1 is 1.28 bits per heavy atom. The van der Waals surface area contributed by atoms with Gasteiger partial charge in [0.15, 0.2) is 0 Å². The first-order valence-corrected chi connectivity index (χ1v) is 7.09. The second-order valence-electron chi connectivity index (χ2n) is 5.31. The molecule has 1 fully saturated rings. The number of carbonyl (C=O) groups excluding carboxylic acids is 1. The Labute approximate surface area is 109 Å². The summed E-state index contributed by atoms with van der Waals surface area (Å²) in [6.45, 7) is 5.58. The summed E-state index contributed by atoms with van der Waals surface area (Å²) in [7, 11) is 0. The highest BCUT2D eigenvalue weighted by atomic mass is 16.4. The molecule has 4 heteroatoms. The van der Waals surface area contributed by atoms with Gasteiger partial charge in [-0.2, -0.15) is 0 Å². The van der Waals surface area contributed by atoms with Gasteiger partial charge in [-0.3, -0.25) is 9.59 Å². The van der Waals surface area contributed by atoms with Crippen LogP contribution in [0.2, 0.25) is 0 Å². The summed E-state index contributed by atoms with van der Waals surface area (Å²) in [6.07, 6.45) is 4.99. The van der Waals surface area contributed by atoms with Crippen LogP contribution in [0.4, 0.5) is 0 Å². The molecule has 104 valence electrons. The highest BCUT2D eigenvalue weighted by Gasteiger charge is 2.30. The molecular weight excluding hydrogens is 230 g/mol. The van der Waals surface area contributed by atoms with E-state index in [2.05, 4.69) is 13.8 Å². The molecule has 1 atom stereocenters. The van der Waals surface area contributed by atoms with Gasteiger partial charge in [0.1, 0.15) is 0 Å². The van der Waals surface area contributed by atoms with Crippen LogP contribution in [0.3, 0.4) is 0 Å². The number of likely N-dealkylation sites (tertiary alicyclic amines) is 1. The van der Waals surface area contributed by atoms with Gasteiger partial charge in [0.2, 0.25) is 5.91 Å². The predicted molar refractivity (Wildman–Crippen MR) is 70.2 cm³/mol. The van der Waals surface area contributed by atoms with E-state index in [1.807, 2.05) is 4.90 Å². The Hall–Kier alpha value is -1.06. The van der Waals surface area contributed by atoms with Gasteiger partial charge in [0, 0.05) is 25.4 Å². The number of carbonyl (C=O) groups is 2. The zero-order valence-electron chi connectivity index (χ0n) is 11.5. The lowest BCUT2D eigenvalue weighted by Gasteiger charge is -2.23. The molecule has 1 N–H and O–H groups in total. The van der Waals surface area contributed by atoms with Crippen LogP contribution in [0.1, 0.15) is 52.4 Å². The third-order valence-corrected chi connectivity index (χ3v) is 3.68.